The van der Waals surface area contributed by atoms with E-state index in [1.165, 1.54) is 18.2 Å². The second-order valence-electron chi connectivity index (χ2n) is 8.61. The lowest BCUT2D eigenvalue weighted by atomic mass is 9.95. The van der Waals surface area contributed by atoms with Crippen LogP contribution in [0.3, 0.4) is 0 Å². The van der Waals surface area contributed by atoms with Crippen molar-refractivity contribution in [3.63, 3.8) is 0 Å². The molecule has 32 heavy (non-hydrogen) atoms. The Labute approximate surface area is 189 Å². The van der Waals surface area contributed by atoms with E-state index in [1.807, 2.05) is 13.8 Å². The van der Waals surface area contributed by atoms with Crippen LogP contribution in [-0.4, -0.2) is 42.7 Å². The minimum Gasteiger partial charge on any atom is -0.489 e. The highest BCUT2D eigenvalue weighted by molar-refractivity contribution is 6.31. The molecule has 7 nitrogen and oxygen atoms in total. The maximum atomic E-state index is 14.0. The molecule has 3 heterocycles. The van der Waals surface area contributed by atoms with E-state index in [0.717, 1.165) is 22.6 Å². The summed E-state index contributed by atoms with van der Waals surface area (Å²) < 4.78 is 21.7. The molecule has 5 rings (SSSR count). The number of benzene rings is 1. The number of rotatable bonds is 3. The number of fused-ring (bicyclic) bond motifs is 3. The van der Waals surface area contributed by atoms with Crippen LogP contribution in [0.4, 0.5) is 4.39 Å². The Kier molecular flexibility index (Phi) is 5.29. The van der Waals surface area contributed by atoms with Gasteiger partial charge in [-0.15, -0.1) is 0 Å². The second-order valence-corrected chi connectivity index (χ2v) is 8.99. The van der Waals surface area contributed by atoms with Gasteiger partial charge in [-0.3, -0.25) is 4.79 Å². The highest BCUT2D eigenvalue weighted by Gasteiger charge is 2.32. The van der Waals surface area contributed by atoms with Crippen molar-refractivity contribution < 1.29 is 19.0 Å². The van der Waals surface area contributed by atoms with Crippen molar-refractivity contribution in [1.82, 2.24) is 19.5 Å². The topological polar surface area (TPSA) is 80.0 Å². The van der Waals surface area contributed by atoms with Crippen LogP contribution in [-0.2, 0) is 13.1 Å². The van der Waals surface area contributed by atoms with Crippen molar-refractivity contribution in [2.45, 2.75) is 64.8 Å². The van der Waals surface area contributed by atoms with Crippen molar-refractivity contribution >= 4 is 23.2 Å². The van der Waals surface area contributed by atoms with Crippen molar-refractivity contribution in [3.05, 3.63) is 57.2 Å². The normalized spacial score (nSPS) is 20.6. The predicted octanol–water partition coefficient (Wildman–Crippen LogP) is 3.98. The Morgan fingerprint density at radius 3 is 2.72 bits per heavy atom. The molecule has 0 unspecified atom stereocenters. The lowest BCUT2D eigenvalue weighted by molar-refractivity contribution is 0.0629. The number of ether oxygens (including phenoxy) is 1. The third-order valence-electron chi connectivity index (χ3n) is 6.35. The molecule has 2 aromatic heterocycles. The molecule has 1 fully saturated rings. The number of carbonyl (C=O) groups excluding carboxylic acids is 1. The maximum absolute atomic E-state index is 14.0. The summed E-state index contributed by atoms with van der Waals surface area (Å²) in [5.41, 5.74) is 4.23. The van der Waals surface area contributed by atoms with Crippen molar-refractivity contribution in [1.29, 1.82) is 0 Å². The number of nitrogens with zero attached hydrogens (tertiary/aromatic N) is 4. The molecule has 3 aromatic rings. The van der Waals surface area contributed by atoms with Crippen LogP contribution < -0.4 is 4.74 Å². The van der Waals surface area contributed by atoms with Crippen molar-refractivity contribution in [2.24, 2.45) is 0 Å². The number of halogens is 2. The SMILES string of the molecule is Cc1nc2c3c(nn2c(C)c1Cl)CN(C(=O)c1ccc(F)cc1OC1CCC(O)CC1)C3. The van der Waals surface area contributed by atoms with Gasteiger partial charge in [-0.2, -0.15) is 5.10 Å². The van der Waals surface area contributed by atoms with E-state index < -0.39 is 5.82 Å². The zero-order valence-corrected chi connectivity index (χ0v) is 18.7. The maximum Gasteiger partial charge on any atom is 0.258 e. The van der Waals surface area contributed by atoms with Crippen LogP contribution in [0.1, 0.15) is 58.7 Å². The monoisotopic (exact) mass is 458 g/mol. The average molecular weight is 459 g/mol. The molecule has 0 spiro atoms. The highest BCUT2D eigenvalue weighted by atomic mass is 35.5. The zero-order chi connectivity index (χ0) is 22.6. The molecule has 1 aliphatic heterocycles. The average Bonchev–Trinajstić information content (AvgIpc) is 3.33. The molecule has 0 radical (unpaired) electrons. The minimum atomic E-state index is -0.457. The number of aromatic nitrogens is 3. The van der Waals surface area contributed by atoms with E-state index in [-0.39, 0.29) is 23.9 Å². The fourth-order valence-electron chi connectivity index (χ4n) is 4.54. The van der Waals surface area contributed by atoms with Gasteiger partial charge in [0.15, 0.2) is 5.65 Å². The number of hydrogen-bond donors (Lipinski definition) is 1. The first kappa shape index (κ1) is 21.2. The zero-order valence-electron chi connectivity index (χ0n) is 17.9. The molecule has 1 N–H and O–H groups in total. The molecule has 0 bridgehead atoms. The molecule has 9 heteroatoms. The van der Waals surface area contributed by atoms with E-state index in [1.54, 1.807) is 9.42 Å². The Hall–Kier alpha value is -2.71. The Bertz CT molecular complexity index is 1220. The molecular formula is C23H24ClFN4O3. The molecule has 1 amide bonds. The van der Waals surface area contributed by atoms with E-state index in [9.17, 15) is 14.3 Å². The highest BCUT2D eigenvalue weighted by Crippen LogP contribution is 2.33. The molecular weight excluding hydrogens is 435 g/mol. The van der Waals surface area contributed by atoms with Gasteiger partial charge in [0.2, 0.25) is 0 Å². The molecule has 0 atom stereocenters. The molecule has 1 aliphatic carbocycles. The lowest BCUT2D eigenvalue weighted by Gasteiger charge is -2.27. The van der Waals surface area contributed by atoms with Gasteiger partial charge in [-0.1, -0.05) is 11.6 Å². The number of aryl methyl sites for hydroxylation is 2. The Morgan fingerprint density at radius 2 is 1.97 bits per heavy atom. The largest absolute Gasteiger partial charge is 0.489 e. The first-order valence-electron chi connectivity index (χ1n) is 10.8. The van der Waals surface area contributed by atoms with Gasteiger partial charge in [-0.25, -0.2) is 13.9 Å². The van der Waals surface area contributed by atoms with Crippen LogP contribution in [0.25, 0.3) is 5.65 Å². The molecule has 2 aliphatic rings. The third-order valence-corrected chi connectivity index (χ3v) is 6.90. The Morgan fingerprint density at radius 1 is 1.22 bits per heavy atom. The summed E-state index contributed by atoms with van der Waals surface area (Å²) in [4.78, 5) is 19.6. The fraction of sp³-hybridized carbons (Fsp3) is 0.435. The number of aliphatic hydroxyl groups is 1. The summed E-state index contributed by atoms with van der Waals surface area (Å²) in [5, 5.41) is 14.9. The van der Waals surface area contributed by atoms with Gasteiger partial charge in [-0.05, 0) is 51.7 Å². The fourth-order valence-corrected chi connectivity index (χ4v) is 4.66. The number of hydrogen-bond acceptors (Lipinski definition) is 5. The third kappa shape index (κ3) is 3.61. The predicted molar refractivity (Wildman–Crippen MR) is 116 cm³/mol. The lowest BCUT2D eigenvalue weighted by Crippen LogP contribution is -2.29. The standard InChI is InChI=1S/C23H24ClFN4O3/c1-12-21(24)13(2)29-22(26-12)18-10-28(11-19(18)27-29)23(31)17-8-3-14(25)9-20(17)32-16-6-4-15(30)5-7-16/h3,8-9,15-16,30H,4-7,10-11H2,1-2H3. The summed E-state index contributed by atoms with van der Waals surface area (Å²) in [7, 11) is 0. The van der Waals surface area contributed by atoms with Gasteiger partial charge >= 0.3 is 0 Å². The smallest absolute Gasteiger partial charge is 0.258 e. The number of amides is 1. The van der Waals surface area contributed by atoms with Crippen molar-refractivity contribution in [3.8, 4) is 5.75 Å². The van der Waals surface area contributed by atoms with E-state index >= 15 is 0 Å². The van der Waals surface area contributed by atoms with Crippen LogP contribution in [0.2, 0.25) is 5.02 Å². The molecule has 1 saturated carbocycles. The molecule has 0 saturated heterocycles. The van der Waals surface area contributed by atoms with Crippen LogP contribution >= 0.6 is 11.6 Å². The minimum absolute atomic E-state index is 0.147. The molecule has 168 valence electrons. The van der Waals surface area contributed by atoms with Crippen LogP contribution in [0.15, 0.2) is 18.2 Å². The second kappa shape index (κ2) is 8.01. The van der Waals surface area contributed by atoms with Gasteiger partial charge in [0.1, 0.15) is 11.6 Å². The van der Waals surface area contributed by atoms with Crippen molar-refractivity contribution in [2.75, 3.05) is 0 Å². The van der Waals surface area contributed by atoms with Gasteiger partial charge in [0.05, 0.1) is 53.0 Å². The Balaban J connectivity index is 1.41. The summed E-state index contributed by atoms with van der Waals surface area (Å²) in [6, 6.07) is 4.01. The van der Waals surface area contributed by atoms with Crippen LogP contribution in [0.5, 0.6) is 5.75 Å². The van der Waals surface area contributed by atoms with Gasteiger partial charge in [0, 0.05) is 11.6 Å². The number of carbonyl (C=O) groups is 1. The van der Waals surface area contributed by atoms with E-state index in [4.69, 9.17) is 16.3 Å². The first-order valence-corrected chi connectivity index (χ1v) is 11.2. The number of aliphatic hydroxyl groups excluding tert-OH is 1. The van der Waals surface area contributed by atoms with Gasteiger partial charge < -0.3 is 14.7 Å². The van der Waals surface area contributed by atoms with E-state index in [2.05, 4.69) is 10.1 Å². The quantitative estimate of drug-likeness (QED) is 0.642. The summed E-state index contributed by atoms with van der Waals surface area (Å²) in [5.74, 6) is -0.456. The summed E-state index contributed by atoms with van der Waals surface area (Å²) >= 11 is 6.31. The molecule has 1 aromatic carbocycles. The van der Waals surface area contributed by atoms with Crippen LogP contribution in [0, 0.1) is 19.7 Å². The summed E-state index contributed by atoms with van der Waals surface area (Å²) in [6.07, 6.45) is 2.16. The first-order chi connectivity index (χ1) is 15.3. The van der Waals surface area contributed by atoms with Gasteiger partial charge in [0.25, 0.3) is 5.91 Å². The van der Waals surface area contributed by atoms with E-state index in [0.29, 0.717) is 55.0 Å². The summed E-state index contributed by atoms with van der Waals surface area (Å²) in [6.45, 7) is 4.43.